The number of hydrogen-bond acceptors (Lipinski definition) is 3. The number of halogens is 1. The molecule has 1 aromatic rings. The van der Waals surface area contributed by atoms with Crippen LogP contribution in [0.4, 0.5) is 0 Å². The van der Waals surface area contributed by atoms with E-state index in [2.05, 4.69) is 6.07 Å². The van der Waals surface area contributed by atoms with Crippen LogP contribution >= 0.6 is 11.6 Å². The fourth-order valence-electron chi connectivity index (χ4n) is 2.30. The minimum absolute atomic E-state index is 0.000718. The monoisotopic (exact) mass is 264 g/mol. The molecule has 1 fully saturated rings. The highest BCUT2D eigenvalue weighted by atomic mass is 35.5. The Hall–Kier alpha value is -1.24. The molecule has 2 atom stereocenters. The van der Waals surface area contributed by atoms with Crippen LogP contribution in [0, 0.1) is 11.3 Å². The Morgan fingerprint density at radius 3 is 2.83 bits per heavy atom. The average molecular weight is 265 g/mol. The Morgan fingerprint density at radius 2 is 2.06 bits per heavy atom. The lowest BCUT2D eigenvalue weighted by Gasteiger charge is -2.23. The summed E-state index contributed by atoms with van der Waals surface area (Å²) in [5, 5.41) is 9.62. The van der Waals surface area contributed by atoms with E-state index in [1.54, 1.807) is 18.2 Å². The lowest BCUT2D eigenvalue weighted by molar-refractivity contribution is 0.162. The fraction of sp³-hybridized carbons (Fsp3) is 0.500. The van der Waals surface area contributed by atoms with Crippen LogP contribution in [0.1, 0.15) is 37.7 Å². The number of nitriles is 1. The molecule has 96 valence electrons. The number of ether oxygens (including phenoxy) is 1. The number of nitrogens with two attached hydrogens (primary N) is 1. The van der Waals surface area contributed by atoms with Crippen LogP contribution in [0.2, 0.25) is 5.02 Å². The molecule has 0 spiro atoms. The van der Waals surface area contributed by atoms with Gasteiger partial charge >= 0.3 is 0 Å². The zero-order chi connectivity index (χ0) is 13.0. The van der Waals surface area contributed by atoms with E-state index < -0.39 is 0 Å². The Morgan fingerprint density at radius 1 is 1.28 bits per heavy atom. The standard InChI is InChI=1S/C14H17ClN2O/c15-11-6-7-13(10(8-11)9-16)18-14-5-3-1-2-4-12(14)17/h6-8,12,14H,1-5,17H2. The van der Waals surface area contributed by atoms with E-state index >= 15 is 0 Å². The van der Waals surface area contributed by atoms with E-state index in [1.807, 2.05) is 0 Å². The van der Waals surface area contributed by atoms with Gasteiger partial charge in [0.2, 0.25) is 0 Å². The molecule has 2 unspecified atom stereocenters. The van der Waals surface area contributed by atoms with E-state index in [-0.39, 0.29) is 12.1 Å². The van der Waals surface area contributed by atoms with Gasteiger partial charge in [0.15, 0.2) is 0 Å². The van der Waals surface area contributed by atoms with Crippen LogP contribution in [0.5, 0.6) is 5.75 Å². The normalized spacial score (nSPS) is 24.1. The van der Waals surface area contributed by atoms with Gasteiger partial charge < -0.3 is 10.5 Å². The third kappa shape index (κ3) is 3.16. The van der Waals surface area contributed by atoms with Crippen molar-refractivity contribution in [1.29, 1.82) is 5.26 Å². The smallest absolute Gasteiger partial charge is 0.137 e. The summed E-state index contributed by atoms with van der Waals surface area (Å²) in [6, 6.07) is 7.27. The summed E-state index contributed by atoms with van der Waals surface area (Å²) in [7, 11) is 0. The van der Waals surface area contributed by atoms with Crippen LogP contribution in [0.3, 0.4) is 0 Å². The van der Waals surface area contributed by atoms with Crippen LogP contribution in [0.25, 0.3) is 0 Å². The van der Waals surface area contributed by atoms with Crippen LogP contribution in [-0.4, -0.2) is 12.1 Å². The summed E-state index contributed by atoms with van der Waals surface area (Å²) < 4.78 is 5.92. The van der Waals surface area contributed by atoms with Gasteiger partial charge in [0.25, 0.3) is 0 Å². The van der Waals surface area contributed by atoms with E-state index in [4.69, 9.17) is 27.3 Å². The highest BCUT2D eigenvalue weighted by Crippen LogP contribution is 2.26. The first-order chi connectivity index (χ1) is 8.70. The fourth-order valence-corrected chi connectivity index (χ4v) is 2.48. The van der Waals surface area contributed by atoms with Crippen molar-refractivity contribution in [2.24, 2.45) is 5.73 Å². The van der Waals surface area contributed by atoms with Crippen molar-refractivity contribution in [3.8, 4) is 11.8 Å². The zero-order valence-electron chi connectivity index (χ0n) is 10.2. The first-order valence-electron chi connectivity index (χ1n) is 6.32. The van der Waals surface area contributed by atoms with Gasteiger partial charge in [-0.3, -0.25) is 0 Å². The zero-order valence-corrected chi connectivity index (χ0v) is 11.0. The first kappa shape index (κ1) is 13.2. The Labute approximate surface area is 112 Å². The molecule has 2 rings (SSSR count). The second-order valence-corrected chi connectivity index (χ2v) is 5.15. The van der Waals surface area contributed by atoms with Crippen molar-refractivity contribution >= 4 is 11.6 Å². The molecule has 18 heavy (non-hydrogen) atoms. The molecule has 0 aliphatic heterocycles. The van der Waals surface area contributed by atoms with E-state index in [0.717, 1.165) is 25.7 Å². The lowest BCUT2D eigenvalue weighted by Crippen LogP contribution is -2.38. The van der Waals surface area contributed by atoms with Gasteiger partial charge in [-0.2, -0.15) is 5.26 Å². The largest absolute Gasteiger partial charge is 0.487 e. The second-order valence-electron chi connectivity index (χ2n) is 4.71. The molecule has 0 radical (unpaired) electrons. The molecule has 0 saturated heterocycles. The van der Waals surface area contributed by atoms with Gasteiger partial charge in [0.05, 0.1) is 5.56 Å². The molecular formula is C14H17ClN2O. The topological polar surface area (TPSA) is 59.0 Å². The summed E-state index contributed by atoms with van der Waals surface area (Å²) in [4.78, 5) is 0. The number of hydrogen-bond donors (Lipinski definition) is 1. The molecule has 1 aliphatic carbocycles. The quantitative estimate of drug-likeness (QED) is 0.834. The minimum Gasteiger partial charge on any atom is -0.487 e. The molecule has 0 aromatic heterocycles. The maximum atomic E-state index is 9.07. The predicted molar refractivity (Wildman–Crippen MR) is 71.6 cm³/mol. The maximum absolute atomic E-state index is 9.07. The SMILES string of the molecule is N#Cc1cc(Cl)ccc1OC1CCCCCC1N. The maximum Gasteiger partial charge on any atom is 0.137 e. The Balaban J connectivity index is 2.15. The predicted octanol–water partition coefficient (Wildman–Crippen LogP) is 3.25. The molecule has 4 heteroatoms. The summed E-state index contributed by atoms with van der Waals surface area (Å²) in [5.41, 5.74) is 6.59. The lowest BCUT2D eigenvalue weighted by atomic mass is 10.1. The number of nitrogens with zero attached hydrogens (tertiary/aromatic N) is 1. The summed E-state index contributed by atoms with van der Waals surface area (Å²) in [6.07, 6.45) is 5.44. The van der Waals surface area contributed by atoms with Crippen molar-refractivity contribution < 1.29 is 4.74 Å². The third-order valence-corrected chi connectivity index (χ3v) is 3.58. The van der Waals surface area contributed by atoms with Gasteiger partial charge in [-0.25, -0.2) is 0 Å². The Bertz CT molecular complexity index is 456. The van der Waals surface area contributed by atoms with Gasteiger partial charge in [-0.05, 0) is 37.5 Å². The number of benzene rings is 1. The molecular weight excluding hydrogens is 248 g/mol. The molecule has 1 aliphatic rings. The van der Waals surface area contributed by atoms with Crippen LogP contribution in [0.15, 0.2) is 18.2 Å². The van der Waals surface area contributed by atoms with Gasteiger partial charge in [0.1, 0.15) is 17.9 Å². The van der Waals surface area contributed by atoms with Crippen LogP contribution < -0.4 is 10.5 Å². The Kier molecular flexibility index (Phi) is 4.46. The van der Waals surface area contributed by atoms with Crippen molar-refractivity contribution in [2.75, 3.05) is 0 Å². The molecule has 0 bridgehead atoms. The third-order valence-electron chi connectivity index (χ3n) is 3.34. The molecule has 0 heterocycles. The van der Waals surface area contributed by atoms with E-state index in [9.17, 15) is 0 Å². The molecule has 0 amide bonds. The van der Waals surface area contributed by atoms with Crippen molar-refractivity contribution in [2.45, 2.75) is 44.2 Å². The highest BCUT2D eigenvalue weighted by molar-refractivity contribution is 6.30. The summed E-state index contributed by atoms with van der Waals surface area (Å²) in [6.45, 7) is 0. The van der Waals surface area contributed by atoms with Crippen molar-refractivity contribution in [1.82, 2.24) is 0 Å². The van der Waals surface area contributed by atoms with Gasteiger partial charge in [-0.1, -0.05) is 24.4 Å². The van der Waals surface area contributed by atoms with Crippen molar-refractivity contribution in [3.05, 3.63) is 28.8 Å². The van der Waals surface area contributed by atoms with Crippen LogP contribution in [-0.2, 0) is 0 Å². The molecule has 3 nitrogen and oxygen atoms in total. The first-order valence-corrected chi connectivity index (χ1v) is 6.70. The number of rotatable bonds is 2. The molecule has 2 N–H and O–H groups in total. The average Bonchev–Trinajstić information content (AvgIpc) is 2.57. The molecule has 1 saturated carbocycles. The van der Waals surface area contributed by atoms with Gasteiger partial charge in [0, 0.05) is 11.1 Å². The van der Waals surface area contributed by atoms with Gasteiger partial charge in [-0.15, -0.1) is 0 Å². The molecule has 1 aromatic carbocycles. The highest BCUT2D eigenvalue weighted by Gasteiger charge is 2.22. The summed E-state index contributed by atoms with van der Waals surface area (Å²) in [5.74, 6) is 0.587. The van der Waals surface area contributed by atoms with E-state index in [0.29, 0.717) is 16.3 Å². The van der Waals surface area contributed by atoms with Crippen molar-refractivity contribution in [3.63, 3.8) is 0 Å². The second kappa shape index (κ2) is 6.08. The summed E-state index contributed by atoms with van der Waals surface area (Å²) >= 11 is 5.86. The minimum atomic E-state index is 0.000718. The van der Waals surface area contributed by atoms with E-state index in [1.165, 1.54) is 6.42 Å².